The standard InChI is InChI=1S/C20H20O5S/c1-4-20(2,3)19(21)25-17-7-5-13-10-16-12-18(26(22,23)24)8-6-14(16)9-15(13)11-17/h5-12H,4H2,1-3H3,(H,22,23,24)/p-1. The Balaban J connectivity index is 2.03. The molecule has 0 N–H and O–H groups in total. The summed E-state index contributed by atoms with van der Waals surface area (Å²) < 4.78 is 39.1. The summed E-state index contributed by atoms with van der Waals surface area (Å²) in [6, 6.07) is 13.2. The van der Waals surface area contributed by atoms with Gasteiger partial charge in [0.1, 0.15) is 15.9 Å². The third-order valence-electron chi connectivity index (χ3n) is 4.67. The third-order valence-corrected chi connectivity index (χ3v) is 5.51. The van der Waals surface area contributed by atoms with Gasteiger partial charge in [-0.25, -0.2) is 8.42 Å². The molecule has 0 atom stereocenters. The van der Waals surface area contributed by atoms with Crippen LogP contribution in [-0.4, -0.2) is 18.9 Å². The molecule has 0 heterocycles. The van der Waals surface area contributed by atoms with Crippen LogP contribution in [0.15, 0.2) is 53.4 Å². The molecule has 3 aromatic rings. The van der Waals surface area contributed by atoms with E-state index in [4.69, 9.17) is 4.74 Å². The summed E-state index contributed by atoms with van der Waals surface area (Å²) in [5.74, 6) is 0.174. The minimum absolute atomic E-state index is 0.253. The number of carbonyl (C=O) groups excluding carboxylic acids is 1. The Kier molecular flexibility index (Phi) is 4.50. The molecule has 0 unspecified atom stereocenters. The van der Waals surface area contributed by atoms with E-state index < -0.39 is 15.5 Å². The number of fused-ring (bicyclic) bond motifs is 2. The molecule has 0 spiro atoms. The zero-order valence-electron chi connectivity index (χ0n) is 14.8. The fourth-order valence-corrected chi connectivity index (χ4v) is 3.07. The molecule has 6 heteroatoms. The van der Waals surface area contributed by atoms with Gasteiger partial charge in [0.05, 0.1) is 10.3 Å². The van der Waals surface area contributed by atoms with E-state index in [1.54, 1.807) is 30.3 Å². The van der Waals surface area contributed by atoms with Gasteiger partial charge in [0.25, 0.3) is 0 Å². The predicted octanol–water partition coefficient (Wildman–Crippen LogP) is 4.24. The highest BCUT2D eigenvalue weighted by atomic mass is 32.2. The lowest BCUT2D eigenvalue weighted by molar-refractivity contribution is -0.144. The molecule has 0 aliphatic carbocycles. The second-order valence-corrected chi connectivity index (χ2v) is 8.33. The van der Waals surface area contributed by atoms with Gasteiger partial charge in [-0.05, 0) is 78.2 Å². The van der Waals surface area contributed by atoms with Gasteiger partial charge >= 0.3 is 5.97 Å². The number of hydrogen-bond acceptors (Lipinski definition) is 5. The Morgan fingerprint density at radius 2 is 1.54 bits per heavy atom. The maximum Gasteiger partial charge on any atom is 0.316 e. The van der Waals surface area contributed by atoms with Gasteiger partial charge in [-0.2, -0.15) is 0 Å². The van der Waals surface area contributed by atoms with Crippen molar-refractivity contribution in [1.82, 2.24) is 0 Å². The Morgan fingerprint density at radius 3 is 2.12 bits per heavy atom. The van der Waals surface area contributed by atoms with Crippen molar-refractivity contribution in [2.24, 2.45) is 5.41 Å². The van der Waals surface area contributed by atoms with Crippen LogP contribution in [0.5, 0.6) is 5.75 Å². The molecule has 0 bridgehead atoms. The molecular weight excluding hydrogens is 352 g/mol. The van der Waals surface area contributed by atoms with Crippen molar-refractivity contribution < 1.29 is 22.5 Å². The summed E-state index contributed by atoms with van der Waals surface area (Å²) in [6.45, 7) is 5.61. The summed E-state index contributed by atoms with van der Waals surface area (Å²) in [4.78, 5) is 12.0. The Morgan fingerprint density at radius 1 is 0.962 bits per heavy atom. The number of ether oxygens (including phenoxy) is 1. The van der Waals surface area contributed by atoms with E-state index in [0.717, 1.165) is 16.2 Å². The summed E-state index contributed by atoms with van der Waals surface area (Å²) >= 11 is 0. The molecule has 0 aliphatic rings. The molecule has 3 aromatic carbocycles. The molecule has 3 rings (SSSR count). The van der Waals surface area contributed by atoms with Crippen LogP contribution in [0, 0.1) is 5.41 Å². The van der Waals surface area contributed by atoms with Crippen molar-refractivity contribution in [3.05, 3.63) is 48.5 Å². The second-order valence-electron chi connectivity index (χ2n) is 6.95. The number of rotatable bonds is 4. The molecule has 136 valence electrons. The molecule has 0 saturated heterocycles. The molecule has 0 saturated carbocycles. The van der Waals surface area contributed by atoms with Crippen LogP contribution in [0.3, 0.4) is 0 Å². The maximum atomic E-state index is 12.2. The SMILES string of the molecule is CCC(C)(C)C(=O)Oc1ccc2cc3cc(S(=O)(=O)[O-])ccc3cc2c1. The van der Waals surface area contributed by atoms with Crippen LogP contribution in [0.25, 0.3) is 21.5 Å². The first-order valence-electron chi connectivity index (χ1n) is 8.26. The molecule has 0 amide bonds. The van der Waals surface area contributed by atoms with Crippen LogP contribution in [0.1, 0.15) is 27.2 Å². The molecular formula is C20H19O5S-. The quantitative estimate of drug-likeness (QED) is 0.296. The van der Waals surface area contributed by atoms with Crippen molar-refractivity contribution in [2.45, 2.75) is 32.1 Å². The Bertz CT molecular complexity index is 1110. The van der Waals surface area contributed by atoms with E-state index in [1.807, 2.05) is 26.8 Å². The van der Waals surface area contributed by atoms with E-state index in [2.05, 4.69) is 0 Å². The van der Waals surface area contributed by atoms with E-state index in [1.165, 1.54) is 12.1 Å². The van der Waals surface area contributed by atoms with Crippen molar-refractivity contribution in [1.29, 1.82) is 0 Å². The summed E-state index contributed by atoms with van der Waals surface area (Å²) in [6.07, 6.45) is 0.676. The smallest absolute Gasteiger partial charge is 0.316 e. The van der Waals surface area contributed by atoms with E-state index in [0.29, 0.717) is 17.6 Å². The number of benzene rings is 3. The topological polar surface area (TPSA) is 83.5 Å². The first kappa shape index (κ1) is 18.4. The van der Waals surface area contributed by atoms with Gasteiger partial charge in [-0.15, -0.1) is 0 Å². The van der Waals surface area contributed by atoms with Crippen molar-refractivity contribution in [3.63, 3.8) is 0 Å². The van der Waals surface area contributed by atoms with Crippen LogP contribution in [-0.2, 0) is 14.9 Å². The average Bonchev–Trinajstić information content (AvgIpc) is 2.58. The van der Waals surface area contributed by atoms with E-state index >= 15 is 0 Å². The lowest BCUT2D eigenvalue weighted by atomic mass is 9.91. The molecule has 26 heavy (non-hydrogen) atoms. The largest absolute Gasteiger partial charge is 0.744 e. The molecule has 0 aliphatic heterocycles. The van der Waals surface area contributed by atoms with Crippen molar-refractivity contribution in [3.8, 4) is 5.75 Å². The van der Waals surface area contributed by atoms with Gasteiger partial charge in [0.15, 0.2) is 0 Å². The average molecular weight is 371 g/mol. The number of carbonyl (C=O) groups is 1. The lowest BCUT2D eigenvalue weighted by Crippen LogP contribution is -2.28. The number of hydrogen-bond donors (Lipinski definition) is 0. The Labute approximate surface area is 152 Å². The van der Waals surface area contributed by atoms with Crippen LogP contribution in [0.4, 0.5) is 0 Å². The first-order valence-corrected chi connectivity index (χ1v) is 9.67. The minimum Gasteiger partial charge on any atom is -0.744 e. The molecule has 5 nitrogen and oxygen atoms in total. The highest BCUT2D eigenvalue weighted by Crippen LogP contribution is 2.29. The van der Waals surface area contributed by atoms with E-state index in [-0.39, 0.29) is 10.9 Å². The predicted molar refractivity (Wildman–Crippen MR) is 99.1 cm³/mol. The third kappa shape index (κ3) is 3.57. The summed E-state index contributed by atoms with van der Waals surface area (Å²) in [7, 11) is -4.49. The van der Waals surface area contributed by atoms with Gasteiger partial charge < -0.3 is 9.29 Å². The van der Waals surface area contributed by atoms with Gasteiger partial charge in [0.2, 0.25) is 0 Å². The van der Waals surface area contributed by atoms with Crippen molar-refractivity contribution >= 4 is 37.6 Å². The highest BCUT2D eigenvalue weighted by Gasteiger charge is 2.27. The number of esters is 1. The monoisotopic (exact) mass is 371 g/mol. The van der Waals surface area contributed by atoms with Gasteiger partial charge in [-0.1, -0.05) is 19.1 Å². The van der Waals surface area contributed by atoms with E-state index in [9.17, 15) is 17.8 Å². The highest BCUT2D eigenvalue weighted by molar-refractivity contribution is 7.85. The zero-order chi connectivity index (χ0) is 19.1. The minimum atomic E-state index is -4.49. The summed E-state index contributed by atoms with van der Waals surface area (Å²) in [5, 5.41) is 3.16. The second kappa shape index (κ2) is 6.37. The molecule has 0 fully saturated rings. The first-order chi connectivity index (χ1) is 12.1. The molecule has 0 radical (unpaired) electrons. The maximum absolute atomic E-state index is 12.2. The van der Waals surface area contributed by atoms with Gasteiger partial charge in [0, 0.05) is 0 Å². The normalized spacial score (nSPS) is 12.5. The summed E-state index contributed by atoms with van der Waals surface area (Å²) in [5.41, 5.74) is -0.557. The fraction of sp³-hybridized carbons (Fsp3) is 0.250. The van der Waals surface area contributed by atoms with Crippen LogP contribution < -0.4 is 4.74 Å². The molecule has 0 aromatic heterocycles. The lowest BCUT2D eigenvalue weighted by Gasteiger charge is -2.20. The van der Waals surface area contributed by atoms with Crippen LogP contribution in [0.2, 0.25) is 0 Å². The fourth-order valence-electron chi connectivity index (χ4n) is 2.56. The Hall–Kier alpha value is -2.44. The van der Waals surface area contributed by atoms with Gasteiger partial charge in [-0.3, -0.25) is 4.79 Å². The van der Waals surface area contributed by atoms with Crippen LogP contribution >= 0.6 is 0 Å². The zero-order valence-corrected chi connectivity index (χ0v) is 15.6. The van der Waals surface area contributed by atoms with Crippen molar-refractivity contribution in [2.75, 3.05) is 0 Å².